The molecule has 2 rings (SSSR count). The smallest absolute Gasteiger partial charge is 0.293 e. The first kappa shape index (κ1) is 13.2. The van der Waals surface area contributed by atoms with E-state index in [1.807, 2.05) is 37.4 Å². The largest absolute Gasteiger partial charge is 0.468 e. The van der Waals surface area contributed by atoms with E-state index in [9.17, 15) is 4.79 Å². The quantitative estimate of drug-likeness (QED) is 0.599. The standard InChI is InChI=1S/C9H7N.C5H10O2/c1-2-6-9-8(4-1)5-3-7-10-9;1-2-3-4-7-5-6/h1-7H;5H,2-4H2,1H3. The van der Waals surface area contributed by atoms with Crippen LogP contribution in [0.5, 0.6) is 0 Å². The molecule has 2 aromatic rings. The van der Waals surface area contributed by atoms with E-state index in [2.05, 4.69) is 21.9 Å². The average molecular weight is 231 g/mol. The molecule has 0 unspecified atom stereocenters. The molecule has 0 saturated carbocycles. The maximum atomic E-state index is 9.46. The van der Waals surface area contributed by atoms with Crippen molar-refractivity contribution in [1.29, 1.82) is 0 Å². The highest BCUT2D eigenvalue weighted by Gasteiger charge is 1.86. The minimum absolute atomic E-state index is 0.482. The molecule has 0 fully saturated rings. The van der Waals surface area contributed by atoms with Crippen molar-refractivity contribution in [2.75, 3.05) is 6.61 Å². The van der Waals surface area contributed by atoms with Crippen LogP contribution < -0.4 is 0 Å². The Morgan fingerprint density at radius 3 is 2.71 bits per heavy atom. The number of fused-ring (bicyclic) bond motifs is 1. The van der Waals surface area contributed by atoms with Gasteiger partial charge < -0.3 is 4.74 Å². The SMILES string of the molecule is CCCCOC=O.c1ccc2ncccc2c1. The third kappa shape index (κ3) is 5.11. The molecule has 0 aliphatic rings. The molecule has 0 aliphatic carbocycles. The number of carbonyl (C=O) groups is 1. The molecule has 0 atom stereocenters. The first-order valence-corrected chi connectivity index (χ1v) is 5.73. The fourth-order valence-electron chi connectivity index (χ4n) is 1.29. The van der Waals surface area contributed by atoms with Crippen molar-refractivity contribution in [2.45, 2.75) is 19.8 Å². The van der Waals surface area contributed by atoms with E-state index in [1.54, 1.807) is 0 Å². The molecule has 1 heterocycles. The Kier molecular flexibility index (Phi) is 6.41. The van der Waals surface area contributed by atoms with Crippen LogP contribution in [0.25, 0.3) is 10.9 Å². The normalized spacial score (nSPS) is 9.24. The molecular weight excluding hydrogens is 214 g/mol. The topological polar surface area (TPSA) is 39.2 Å². The van der Waals surface area contributed by atoms with Crippen molar-refractivity contribution < 1.29 is 9.53 Å². The molecule has 3 heteroatoms. The van der Waals surface area contributed by atoms with Gasteiger partial charge in [0.2, 0.25) is 0 Å². The lowest BCUT2D eigenvalue weighted by atomic mass is 10.2. The zero-order valence-electron chi connectivity index (χ0n) is 10.0. The van der Waals surface area contributed by atoms with Crippen LogP contribution in [0.3, 0.4) is 0 Å². The van der Waals surface area contributed by atoms with Gasteiger partial charge in [-0.1, -0.05) is 37.6 Å². The Labute approximate surface area is 101 Å². The van der Waals surface area contributed by atoms with Crippen molar-refractivity contribution in [2.24, 2.45) is 0 Å². The van der Waals surface area contributed by atoms with E-state index in [0.717, 1.165) is 18.4 Å². The van der Waals surface area contributed by atoms with Gasteiger partial charge in [-0.05, 0) is 18.6 Å². The first-order chi connectivity index (χ1) is 8.38. The predicted octanol–water partition coefficient (Wildman–Crippen LogP) is 3.19. The molecule has 90 valence electrons. The van der Waals surface area contributed by atoms with E-state index < -0.39 is 0 Å². The number of unbranched alkanes of at least 4 members (excludes halogenated alkanes) is 1. The summed E-state index contributed by atoms with van der Waals surface area (Å²) in [6.45, 7) is 3.10. The van der Waals surface area contributed by atoms with Gasteiger partial charge in [0, 0.05) is 11.6 Å². The lowest BCUT2D eigenvalue weighted by molar-refractivity contribution is -0.128. The van der Waals surface area contributed by atoms with Gasteiger partial charge in [-0.15, -0.1) is 0 Å². The Hall–Kier alpha value is -1.90. The predicted molar refractivity (Wildman–Crippen MR) is 68.7 cm³/mol. The Bertz CT molecular complexity index is 377. The summed E-state index contributed by atoms with van der Waals surface area (Å²) in [5.74, 6) is 0. The molecular formula is C14H17NO2. The van der Waals surface area contributed by atoms with Crippen LogP contribution in [-0.2, 0) is 9.53 Å². The summed E-state index contributed by atoms with van der Waals surface area (Å²) in [5, 5.41) is 1.20. The molecule has 0 saturated heterocycles. The van der Waals surface area contributed by atoms with Crippen LogP contribution in [0.4, 0.5) is 0 Å². The number of pyridine rings is 1. The molecule has 1 aromatic carbocycles. The minimum atomic E-state index is 0.482. The van der Waals surface area contributed by atoms with Crippen LogP contribution in [0.1, 0.15) is 19.8 Å². The number of nitrogens with zero attached hydrogens (tertiary/aromatic N) is 1. The van der Waals surface area contributed by atoms with E-state index in [1.165, 1.54) is 5.39 Å². The maximum absolute atomic E-state index is 9.46. The van der Waals surface area contributed by atoms with Gasteiger partial charge in [-0.3, -0.25) is 9.78 Å². The summed E-state index contributed by atoms with van der Waals surface area (Å²) in [4.78, 5) is 13.6. The summed E-state index contributed by atoms with van der Waals surface area (Å²) >= 11 is 0. The van der Waals surface area contributed by atoms with E-state index in [4.69, 9.17) is 0 Å². The van der Waals surface area contributed by atoms with E-state index in [-0.39, 0.29) is 0 Å². The van der Waals surface area contributed by atoms with Crippen LogP contribution >= 0.6 is 0 Å². The number of benzene rings is 1. The van der Waals surface area contributed by atoms with Crippen molar-refractivity contribution in [1.82, 2.24) is 4.98 Å². The zero-order valence-corrected chi connectivity index (χ0v) is 10.0. The first-order valence-electron chi connectivity index (χ1n) is 5.73. The highest BCUT2D eigenvalue weighted by molar-refractivity contribution is 5.77. The summed E-state index contributed by atoms with van der Waals surface area (Å²) in [7, 11) is 0. The summed E-state index contributed by atoms with van der Waals surface area (Å²) in [5.41, 5.74) is 1.06. The van der Waals surface area contributed by atoms with Gasteiger partial charge in [-0.25, -0.2) is 0 Å². The molecule has 0 radical (unpaired) electrons. The van der Waals surface area contributed by atoms with Crippen molar-refractivity contribution >= 4 is 17.4 Å². The molecule has 17 heavy (non-hydrogen) atoms. The van der Waals surface area contributed by atoms with Gasteiger partial charge >= 0.3 is 0 Å². The number of aromatic nitrogens is 1. The Balaban J connectivity index is 0.000000185. The third-order valence-corrected chi connectivity index (χ3v) is 2.20. The van der Waals surface area contributed by atoms with Crippen LogP contribution in [0.15, 0.2) is 42.6 Å². The summed E-state index contributed by atoms with van der Waals surface area (Å²) in [6.07, 6.45) is 3.86. The fraction of sp³-hybridized carbons (Fsp3) is 0.286. The molecule has 0 N–H and O–H groups in total. The second kappa shape index (κ2) is 8.28. The monoisotopic (exact) mass is 231 g/mol. The molecule has 0 aliphatic heterocycles. The van der Waals surface area contributed by atoms with Crippen molar-refractivity contribution in [3.63, 3.8) is 0 Å². The third-order valence-electron chi connectivity index (χ3n) is 2.20. The number of rotatable bonds is 4. The second-order valence-electron chi connectivity index (χ2n) is 3.52. The van der Waals surface area contributed by atoms with Gasteiger partial charge in [0.15, 0.2) is 0 Å². The minimum Gasteiger partial charge on any atom is -0.468 e. The van der Waals surface area contributed by atoms with E-state index in [0.29, 0.717) is 13.1 Å². The van der Waals surface area contributed by atoms with Gasteiger partial charge in [0.05, 0.1) is 12.1 Å². The lowest BCUT2D eigenvalue weighted by Crippen LogP contribution is -1.88. The average Bonchev–Trinajstić information content (AvgIpc) is 2.40. The summed E-state index contributed by atoms with van der Waals surface area (Å²) in [6, 6.07) is 12.1. The maximum Gasteiger partial charge on any atom is 0.293 e. The number of ether oxygens (including phenoxy) is 1. The fourth-order valence-corrected chi connectivity index (χ4v) is 1.29. The second-order valence-corrected chi connectivity index (χ2v) is 3.52. The van der Waals surface area contributed by atoms with Gasteiger partial charge in [-0.2, -0.15) is 0 Å². The molecule has 3 nitrogen and oxygen atoms in total. The highest BCUT2D eigenvalue weighted by atomic mass is 16.5. The van der Waals surface area contributed by atoms with Crippen LogP contribution in [0.2, 0.25) is 0 Å². The molecule has 0 bridgehead atoms. The summed E-state index contributed by atoms with van der Waals surface area (Å²) < 4.78 is 4.39. The van der Waals surface area contributed by atoms with Crippen molar-refractivity contribution in [3.05, 3.63) is 42.6 Å². The van der Waals surface area contributed by atoms with Crippen LogP contribution in [0, 0.1) is 0 Å². The lowest BCUT2D eigenvalue weighted by Gasteiger charge is -1.91. The molecule has 0 spiro atoms. The number of hydrogen-bond acceptors (Lipinski definition) is 3. The van der Waals surface area contributed by atoms with Gasteiger partial charge in [0.1, 0.15) is 0 Å². The Morgan fingerprint density at radius 1 is 1.24 bits per heavy atom. The zero-order chi connectivity index (χ0) is 12.3. The van der Waals surface area contributed by atoms with Gasteiger partial charge in [0.25, 0.3) is 6.47 Å². The Morgan fingerprint density at radius 2 is 2.00 bits per heavy atom. The van der Waals surface area contributed by atoms with Crippen molar-refractivity contribution in [3.8, 4) is 0 Å². The molecule has 1 aromatic heterocycles. The van der Waals surface area contributed by atoms with E-state index >= 15 is 0 Å². The van der Waals surface area contributed by atoms with Crippen LogP contribution in [-0.4, -0.2) is 18.1 Å². The number of hydrogen-bond donors (Lipinski definition) is 0. The number of para-hydroxylation sites is 1. The highest BCUT2D eigenvalue weighted by Crippen LogP contribution is 2.07. The molecule has 0 amide bonds. The number of carbonyl (C=O) groups excluding carboxylic acids is 1.